The van der Waals surface area contributed by atoms with E-state index in [0.29, 0.717) is 31.7 Å². The topological polar surface area (TPSA) is 114 Å². The third-order valence-electron chi connectivity index (χ3n) is 4.89. The summed E-state index contributed by atoms with van der Waals surface area (Å²) in [5.41, 5.74) is 12.8. The third kappa shape index (κ3) is 7.29. The molecule has 0 bridgehead atoms. The Hall–Kier alpha value is -2.77. The van der Waals surface area contributed by atoms with E-state index in [1.54, 1.807) is 4.90 Å². The van der Waals surface area contributed by atoms with E-state index in [-0.39, 0.29) is 18.4 Å². The van der Waals surface area contributed by atoms with Crippen LogP contribution < -0.4 is 16.2 Å². The second kappa shape index (κ2) is 11.3. The van der Waals surface area contributed by atoms with Crippen LogP contribution in [0.15, 0.2) is 23.2 Å². The summed E-state index contributed by atoms with van der Waals surface area (Å²) in [6.07, 6.45) is 5.77. The largest absolute Gasteiger partial charge is 0.494 e. The zero-order chi connectivity index (χ0) is 21.2. The Kier molecular flexibility index (Phi) is 8.76. The Morgan fingerprint density at radius 3 is 2.76 bits per heavy atom. The van der Waals surface area contributed by atoms with E-state index in [4.69, 9.17) is 16.2 Å². The van der Waals surface area contributed by atoms with E-state index < -0.39 is 5.91 Å². The summed E-state index contributed by atoms with van der Waals surface area (Å²) in [5.74, 6) is 0.683. The number of carbonyl (C=O) groups is 2. The molecule has 0 saturated heterocycles. The van der Waals surface area contributed by atoms with E-state index in [9.17, 15) is 9.59 Å². The van der Waals surface area contributed by atoms with Crippen molar-refractivity contribution in [2.24, 2.45) is 16.5 Å². The van der Waals surface area contributed by atoms with Crippen molar-refractivity contribution in [2.45, 2.75) is 52.0 Å². The summed E-state index contributed by atoms with van der Waals surface area (Å²) in [4.78, 5) is 31.1. The minimum Gasteiger partial charge on any atom is -0.494 e. The lowest BCUT2D eigenvalue weighted by molar-refractivity contribution is -0.130. The summed E-state index contributed by atoms with van der Waals surface area (Å²) in [5, 5.41) is 0. The number of guanidine groups is 1. The number of ether oxygens (including phenoxy) is 1. The fourth-order valence-electron chi connectivity index (χ4n) is 3.20. The van der Waals surface area contributed by atoms with Gasteiger partial charge in [0.05, 0.1) is 18.8 Å². The molecule has 160 valence electrons. The zero-order valence-corrected chi connectivity index (χ0v) is 17.5. The first-order valence-electron chi connectivity index (χ1n) is 10.3. The van der Waals surface area contributed by atoms with Gasteiger partial charge in [0.25, 0.3) is 0 Å². The summed E-state index contributed by atoms with van der Waals surface area (Å²) in [6.45, 7) is 3.93. The summed E-state index contributed by atoms with van der Waals surface area (Å²) < 4.78 is 5.80. The smallest absolute Gasteiger partial charge is 0.237 e. The zero-order valence-electron chi connectivity index (χ0n) is 17.5. The molecule has 1 heterocycles. The van der Waals surface area contributed by atoms with E-state index in [2.05, 4.69) is 11.9 Å². The fraction of sp³-hybridized carbons (Fsp3) is 0.571. The molecule has 8 heteroatoms. The second-order valence-corrected chi connectivity index (χ2v) is 7.41. The number of carbonyl (C=O) groups excluding carboxylic acids is 2. The lowest BCUT2D eigenvalue weighted by Gasteiger charge is -2.27. The van der Waals surface area contributed by atoms with Crippen LogP contribution in [0, 0.1) is 0 Å². The summed E-state index contributed by atoms with van der Waals surface area (Å²) >= 11 is 0. The molecule has 1 aliphatic rings. The molecule has 2 amide bonds. The number of nitrogens with zero attached hydrogens (tertiary/aromatic N) is 3. The number of unbranched alkanes of at least 4 members (excludes halogenated alkanes) is 3. The predicted octanol–water partition coefficient (Wildman–Crippen LogP) is 2.13. The first-order chi connectivity index (χ1) is 13.9. The number of rotatable bonds is 12. The molecule has 2 rings (SSSR count). The molecule has 1 aromatic rings. The molecule has 4 N–H and O–H groups in total. The van der Waals surface area contributed by atoms with Crippen LogP contribution >= 0.6 is 0 Å². The average molecular weight is 404 g/mol. The summed E-state index contributed by atoms with van der Waals surface area (Å²) in [6, 6.07) is 5.57. The maximum atomic E-state index is 12.2. The van der Waals surface area contributed by atoms with Gasteiger partial charge in [-0.1, -0.05) is 26.2 Å². The highest BCUT2D eigenvalue weighted by Crippen LogP contribution is 2.29. The quantitative estimate of drug-likeness (QED) is 0.519. The van der Waals surface area contributed by atoms with Crippen LogP contribution in [-0.2, 0) is 16.1 Å². The predicted molar refractivity (Wildman–Crippen MR) is 114 cm³/mol. The van der Waals surface area contributed by atoms with Crippen LogP contribution in [-0.4, -0.2) is 54.3 Å². The molecule has 0 spiro atoms. The number of amides is 2. The fourth-order valence-corrected chi connectivity index (χ4v) is 3.20. The van der Waals surface area contributed by atoms with Gasteiger partial charge in [-0.3, -0.25) is 9.59 Å². The van der Waals surface area contributed by atoms with Gasteiger partial charge in [-0.2, -0.15) is 0 Å². The van der Waals surface area contributed by atoms with Gasteiger partial charge in [0, 0.05) is 32.1 Å². The molecular formula is C21H33N5O3. The van der Waals surface area contributed by atoms with Gasteiger partial charge >= 0.3 is 0 Å². The van der Waals surface area contributed by atoms with Gasteiger partial charge in [-0.15, -0.1) is 0 Å². The van der Waals surface area contributed by atoms with Crippen molar-refractivity contribution in [3.63, 3.8) is 0 Å². The molecule has 1 aromatic carbocycles. The molecule has 0 saturated carbocycles. The highest BCUT2D eigenvalue weighted by atomic mass is 16.5. The maximum Gasteiger partial charge on any atom is 0.237 e. The lowest BCUT2D eigenvalue weighted by Crippen LogP contribution is -2.43. The Labute approximate surface area is 172 Å². The van der Waals surface area contributed by atoms with E-state index in [1.165, 1.54) is 19.3 Å². The van der Waals surface area contributed by atoms with E-state index in [0.717, 1.165) is 24.2 Å². The Morgan fingerprint density at radius 2 is 2.03 bits per heavy atom. The van der Waals surface area contributed by atoms with Crippen molar-refractivity contribution in [2.75, 3.05) is 26.7 Å². The normalized spacial score (nSPS) is 12.9. The van der Waals surface area contributed by atoms with Crippen molar-refractivity contribution in [1.82, 2.24) is 9.80 Å². The molecule has 29 heavy (non-hydrogen) atoms. The highest BCUT2D eigenvalue weighted by molar-refractivity contribution is 5.88. The van der Waals surface area contributed by atoms with Crippen molar-refractivity contribution in [3.05, 3.63) is 23.8 Å². The molecule has 0 aliphatic carbocycles. The van der Waals surface area contributed by atoms with Crippen molar-refractivity contribution in [1.29, 1.82) is 0 Å². The number of aliphatic imine (C=N–C) groups is 1. The monoisotopic (exact) mass is 403 g/mol. The Balaban J connectivity index is 1.77. The van der Waals surface area contributed by atoms with E-state index in [1.807, 2.05) is 30.1 Å². The van der Waals surface area contributed by atoms with Gasteiger partial charge in [0.15, 0.2) is 5.96 Å². The summed E-state index contributed by atoms with van der Waals surface area (Å²) in [7, 11) is 1.86. The van der Waals surface area contributed by atoms with Crippen LogP contribution in [0.5, 0.6) is 5.75 Å². The van der Waals surface area contributed by atoms with Gasteiger partial charge in [0.2, 0.25) is 11.8 Å². The standard InChI is InChI=1S/C21H33N5O3/c1-3-4-5-6-11-25(2)20(28)8-7-12-29-17-9-10-18-16(13-17)14-26(15-19(22)27)21(23)24-18/h9-10,13H,3-8,11-12,14-15H2,1-2H3,(H2,22,27)(H2,23,24). The number of nitrogens with two attached hydrogens (primary N) is 2. The lowest BCUT2D eigenvalue weighted by atomic mass is 10.1. The number of hydrogen-bond donors (Lipinski definition) is 2. The molecule has 0 aromatic heterocycles. The van der Waals surface area contributed by atoms with Crippen LogP contribution in [0.1, 0.15) is 51.0 Å². The van der Waals surface area contributed by atoms with Crippen molar-refractivity contribution >= 4 is 23.5 Å². The minimum atomic E-state index is -0.459. The van der Waals surface area contributed by atoms with Crippen LogP contribution in [0.3, 0.4) is 0 Å². The van der Waals surface area contributed by atoms with Crippen LogP contribution in [0.25, 0.3) is 0 Å². The Bertz CT molecular complexity index is 735. The first-order valence-corrected chi connectivity index (χ1v) is 10.3. The van der Waals surface area contributed by atoms with Gasteiger partial charge in [-0.05, 0) is 31.0 Å². The maximum absolute atomic E-state index is 12.2. The molecule has 0 radical (unpaired) electrons. The average Bonchev–Trinajstić information content (AvgIpc) is 2.68. The number of benzene rings is 1. The highest BCUT2D eigenvalue weighted by Gasteiger charge is 2.19. The third-order valence-corrected chi connectivity index (χ3v) is 4.89. The van der Waals surface area contributed by atoms with Gasteiger partial charge in [-0.25, -0.2) is 4.99 Å². The van der Waals surface area contributed by atoms with Gasteiger partial charge < -0.3 is 26.0 Å². The van der Waals surface area contributed by atoms with Crippen molar-refractivity contribution < 1.29 is 14.3 Å². The second-order valence-electron chi connectivity index (χ2n) is 7.41. The van der Waals surface area contributed by atoms with Gasteiger partial charge in [0.1, 0.15) is 5.75 Å². The molecule has 0 unspecified atom stereocenters. The first kappa shape index (κ1) is 22.5. The number of fused-ring (bicyclic) bond motifs is 1. The molecule has 0 atom stereocenters. The van der Waals surface area contributed by atoms with Crippen molar-refractivity contribution in [3.8, 4) is 5.75 Å². The molecule has 1 aliphatic heterocycles. The van der Waals surface area contributed by atoms with Crippen LogP contribution in [0.2, 0.25) is 0 Å². The number of primary amides is 1. The molecule has 0 fully saturated rings. The Morgan fingerprint density at radius 1 is 1.24 bits per heavy atom. The molecule has 8 nitrogen and oxygen atoms in total. The van der Waals surface area contributed by atoms with E-state index >= 15 is 0 Å². The van der Waals surface area contributed by atoms with Crippen LogP contribution in [0.4, 0.5) is 5.69 Å². The molecular weight excluding hydrogens is 370 g/mol. The minimum absolute atomic E-state index is 0.0218. The SMILES string of the molecule is CCCCCCN(C)C(=O)CCCOc1ccc2c(c1)CN(CC(N)=O)C(N)=N2. The number of hydrogen-bond acceptors (Lipinski definition) is 6.